The van der Waals surface area contributed by atoms with Crippen LogP contribution in [0.3, 0.4) is 0 Å². The van der Waals surface area contributed by atoms with Crippen molar-refractivity contribution >= 4 is 46.4 Å². The lowest BCUT2D eigenvalue weighted by Crippen LogP contribution is -2.42. The summed E-state index contributed by atoms with van der Waals surface area (Å²) in [4.78, 5) is 28.7. The Kier molecular flexibility index (Phi) is 5.47. The van der Waals surface area contributed by atoms with Crippen LogP contribution in [0.5, 0.6) is 17.2 Å². The first-order chi connectivity index (χ1) is 18.9. The second kappa shape index (κ2) is 8.93. The summed E-state index contributed by atoms with van der Waals surface area (Å²) in [6.45, 7) is 0.677. The number of halogens is 2. The summed E-state index contributed by atoms with van der Waals surface area (Å²) in [6.07, 6.45) is 0. The molecule has 3 aliphatic heterocycles. The van der Waals surface area contributed by atoms with Gasteiger partial charge in [-0.1, -0.05) is 53.5 Å². The van der Waals surface area contributed by atoms with Gasteiger partial charge in [0.15, 0.2) is 11.5 Å². The topological polar surface area (TPSA) is 77.1 Å². The molecule has 7 nitrogen and oxygen atoms in total. The number of anilines is 2. The van der Waals surface area contributed by atoms with Crippen LogP contribution >= 0.6 is 23.2 Å². The molecule has 4 aromatic carbocycles. The third-order valence-corrected chi connectivity index (χ3v) is 7.76. The molecule has 1 atom stereocenters. The van der Waals surface area contributed by atoms with Gasteiger partial charge in [-0.05, 0) is 53.6 Å². The molecular formula is C30H20Cl2N2O5. The number of ether oxygens (including phenoxy) is 3. The van der Waals surface area contributed by atoms with E-state index < -0.39 is 5.41 Å². The molecule has 0 bridgehead atoms. The molecule has 3 heterocycles. The van der Waals surface area contributed by atoms with Crippen LogP contribution in [0.4, 0.5) is 11.4 Å². The quantitative estimate of drug-likeness (QED) is 0.322. The number of hydrogen-bond donors (Lipinski definition) is 1. The Labute approximate surface area is 233 Å². The molecule has 0 aromatic heterocycles. The van der Waals surface area contributed by atoms with Gasteiger partial charge in [-0.15, -0.1) is 0 Å². The number of amides is 2. The SMILES string of the molecule is O=C(Nc1cc(Cl)cc(Cl)c1)c1ccc(CN2C(=O)C3(COc4cc5c(cc43)OCO5)c3ccccc32)cc1. The lowest BCUT2D eigenvalue weighted by Gasteiger charge is -2.23. The Morgan fingerprint density at radius 1 is 0.846 bits per heavy atom. The maximum atomic E-state index is 14.2. The summed E-state index contributed by atoms with van der Waals surface area (Å²) in [5.74, 6) is 1.49. The van der Waals surface area contributed by atoms with Gasteiger partial charge in [0.25, 0.3) is 5.91 Å². The number of nitrogens with zero attached hydrogens (tertiary/aromatic N) is 1. The molecule has 1 N–H and O–H groups in total. The monoisotopic (exact) mass is 558 g/mol. The molecule has 1 unspecified atom stereocenters. The van der Waals surface area contributed by atoms with E-state index in [-0.39, 0.29) is 25.2 Å². The summed E-state index contributed by atoms with van der Waals surface area (Å²) in [5.41, 5.74) is 3.38. The van der Waals surface area contributed by atoms with E-state index >= 15 is 0 Å². The first-order valence-corrected chi connectivity index (χ1v) is 13.0. The predicted octanol–water partition coefficient (Wildman–Crippen LogP) is 6.20. The highest BCUT2D eigenvalue weighted by Gasteiger charge is 2.57. The van der Waals surface area contributed by atoms with Crippen molar-refractivity contribution in [3.05, 3.63) is 111 Å². The number of benzene rings is 4. The first kappa shape index (κ1) is 23.9. The van der Waals surface area contributed by atoms with Crippen LogP contribution in [0.25, 0.3) is 0 Å². The van der Waals surface area contributed by atoms with Crippen LogP contribution in [-0.2, 0) is 16.8 Å². The van der Waals surface area contributed by atoms with Crippen molar-refractivity contribution in [1.82, 2.24) is 0 Å². The van der Waals surface area contributed by atoms with Crippen molar-refractivity contribution < 1.29 is 23.8 Å². The number of para-hydroxylation sites is 1. The third kappa shape index (κ3) is 3.80. The molecule has 0 saturated carbocycles. The minimum absolute atomic E-state index is 0.0685. The van der Waals surface area contributed by atoms with Crippen LogP contribution in [-0.4, -0.2) is 25.2 Å². The van der Waals surface area contributed by atoms with Gasteiger partial charge in [-0.25, -0.2) is 0 Å². The van der Waals surface area contributed by atoms with Crippen molar-refractivity contribution in [2.75, 3.05) is 23.6 Å². The lowest BCUT2D eigenvalue weighted by molar-refractivity contribution is -0.122. The Balaban J connectivity index is 1.16. The minimum Gasteiger partial charge on any atom is -0.491 e. The standard InChI is InChI=1S/C30H20Cl2N2O5/c31-19-9-20(32)11-21(10-19)33-28(35)18-7-5-17(6-8-18)14-34-24-4-2-1-3-22(24)30(29(34)36)15-37-25-13-27-26(12-23(25)30)38-16-39-27/h1-13H,14-16H2,(H,33,35). The number of nitrogens with one attached hydrogen (secondary N) is 1. The molecule has 1 spiro atoms. The predicted molar refractivity (Wildman–Crippen MR) is 147 cm³/mol. The molecule has 0 fully saturated rings. The van der Waals surface area contributed by atoms with E-state index in [0.717, 1.165) is 22.4 Å². The van der Waals surface area contributed by atoms with Crippen molar-refractivity contribution in [2.24, 2.45) is 0 Å². The van der Waals surface area contributed by atoms with Gasteiger partial charge >= 0.3 is 0 Å². The van der Waals surface area contributed by atoms with E-state index in [0.29, 0.717) is 45.1 Å². The zero-order valence-corrected chi connectivity index (χ0v) is 21.9. The molecule has 7 rings (SSSR count). The van der Waals surface area contributed by atoms with E-state index in [1.165, 1.54) is 0 Å². The molecular weight excluding hydrogens is 539 g/mol. The number of fused-ring (bicyclic) bond motifs is 5. The summed E-state index contributed by atoms with van der Waals surface area (Å²) in [6, 6.07) is 23.4. The molecule has 2 amide bonds. The average molecular weight is 559 g/mol. The molecule has 3 aliphatic rings. The molecule has 0 saturated heterocycles. The van der Waals surface area contributed by atoms with Crippen LogP contribution in [0.15, 0.2) is 78.9 Å². The van der Waals surface area contributed by atoms with Gasteiger partial charge in [0, 0.05) is 38.6 Å². The molecule has 39 heavy (non-hydrogen) atoms. The van der Waals surface area contributed by atoms with E-state index in [2.05, 4.69) is 5.32 Å². The molecule has 0 radical (unpaired) electrons. The van der Waals surface area contributed by atoms with E-state index in [4.69, 9.17) is 37.4 Å². The highest BCUT2D eigenvalue weighted by Crippen LogP contribution is 2.55. The molecule has 4 aromatic rings. The summed E-state index contributed by atoms with van der Waals surface area (Å²) in [5, 5.41) is 3.67. The van der Waals surface area contributed by atoms with Gasteiger partial charge in [0.1, 0.15) is 17.8 Å². The van der Waals surface area contributed by atoms with E-state index in [1.54, 1.807) is 41.3 Å². The minimum atomic E-state index is -0.967. The van der Waals surface area contributed by atoms with Gasteiger partial charge in [0.05, 0.1) is 6.54 Å². The van der Waals surface area contributed by atoms with Crippen molar-refractivity contribution in [3.63, 3.8) is 0 Å². The van der Waals surface area contributed by atoms with E-state index in [9.17, 15) is 9.59 Å². The maximum absolute atomic E-state index is 14.2. The van der Waals surface area contributed by atoms with Crippen LogP contribution < -0.4 is 24.4 Å². The smallest absolute Gasteiger partial charge is 0.255 e. The highest BCUT2D eigenvalue weighted by atomic mass is 35.5. The Morgan fingerprint density at radius 2 is 1.56 bits per heavy atom. The fourth-order valence-electron chi connectivity index (χ4n) is 5.50. The largest absolute Gasteiger partial charge is 0.491 e. The van der Waals surface area contributed by atoms with Crippen molar-refractivity contribution in [3.8, 4) is 17.2 Å². The van der Waals surface area contributed by atoms with E-state index in [1.807, 2.05) is 42.5 Å². The number of rotatable bonds is 4. The Morgan fingerprint density at radius 3 is 2.33 bits per heavy atom. The second-order valence-corrected chi connectivity index (χ2v) is 10.5. The van der Waals surface area contributed by atoms with Crippen molar-refractivity contribution in [1.29, 1.82) is 0 Å². The zero-order valence-electron chi connectivity index (χ0n) is 20.4. The number of carbonyl (C=O) groups excluding carboxylic acids is 2. The summed E-state index contributed by atoms with van der Waals surface area (Å²) < 4.78 is 17.2. The lowest BCUT2D eigenvalue weighted by atomic mass is 9.77. The van der Waals surface area contributed by atoms with Gasteiger partial charge in [-0.2, -0.15) is 0 Å². The fourth-order valence-corrected chi connectivity index (χ4v) is 6.02. The van der Waals surface area contributed by atoms with Gasteiger partial charge in [0.2, 0.25) is 12.7 Å². The molecule has 9 heteroatoms. The second-order valence-electron chi connectivity index (χ2n) is 9.61. The third-order valence-electron chi connectivity index (χ3n) is 7.32. The molecule has 0 aliphatic carbocycles. The fraction of sp³-hybridized carbons (Fsp3) is 0.133. The van der Waals surface area contributed by atoms with Crippen LogP contribution in [0, 0.1) is 0 Å². The van der Waals surface area contributed by atoms with Gasteiger partial charge < -0.3 is 24.4 Å². The summed E-state index contributed by atoms with van der Waals surface area (Å²) >= 11 is 12.1. The first-order valence-electron chi connectivity index (χ1n) is 12.3. The Bertz CT molecular complexity index is 1650. The van der Waals surface area contributed by atoms with Gasteiger partial charge in [-0.3, -0.25) is 9.59 Å². The molecule has 194 valence electrons. The van der Waals surface area contributed by atoms with Crippen LogP contribution in [0.1, 0.15) is 27.0 Å². The highest BCUT2D eigenvalue weighted by molar-refractivity contribution is 6.35. The summed E-state index contributed by atoms with van der Waals surface area (Å²) in [7, 11) is 0. The average Bonchev–Trinajstić information content (AvgIpc) is 3.60. The maximum Gasteiger partial charge on any atom is 0.255 e. The van der Waals surface area contributed by atoms with Crippen LogP contribution in [0.2, 0.25) is 10.0 Å². The van der Waals surface area contributed by atoms with Crippen molar-refractivity contribution in [2.45, 2.75) is 12.0 Å². The zero-order chi connectivity index (χ0) is 26.7. The number of hydrogen-bond acceptors (Lipinski definition) is 5. The Hall–Kier alpha value is -4.20. The normalized spacial score (nSPS) is 18.2. The number of carbonyl (C=O) groups is 2.